The van der Waals surface area contributed by atoms with Crippen LogP contribution in [0.4, 0.5) is 5.69 Å². The highest BCUT2D eigenvalue weighted by Gasteiger charge is 2.26. The molecule has 0 aliphatic rings. The van der Waals surface area contributed by atoms with Gasteiger partial charge in [-0.3, -0.25) is 9.59 Å². The van der Waals surface area contributed by atoms with Crippen molar-refractivity contribution in [2.24, 2.45) is 5.73 Å². The summed E-state index contributed by atoms with van der Waals surface area (Å²) >= 11 is 0. The Kier molecular flexibility index (Phi) is 4.53. The number of nitrogens with one attached hydrogen (secondary N) is 1. The largest absolute Gasteiger partial charge is 0.399 e. The van der Waals surface area contributed by atoms with E-state index in [9.17, 15) is 9.59 Å². The minimum absolute atomic E-state index is 0.0996. The fourth-order valence-electron chi connectivity index (χ4n) is 1.90. The maximum Gasteiger partial charge on any atom is 0.227 e. The SMILES string of the molecule is CC(C(=O)NC(C)(C)CC(N)=O)c1cccc(N)c1. The average molecular weight is 263 g/mol. The monoisotopic (exact) mass is 263 g/mol. The Morgan fingerprint density at radius 3 is 2.53 bits per heavy atom. The Labute approximate surface area is 113 Å². The van der Waals surface area contributed by atoms with Crippen molar-refractivity contribution in [1.29, 1.82) is 0 Å². The van der Waals surface area contributed by atoms with Crippen molar-refractivity contribution in [3.8, 4) is 0 Å². The molecule has 19 heavy (non-hydrogen) atoms. The third kappa shape index (κ3) is 4.62. The third-order valence-electron chi connectivity index (χ3n) is 2.88. The number of amides is 2. The molecule has 1 aromatic rings. The van der Waals surface area contributed by atoms with Crippen molar-refractivity contribution < 1.29 is 9.59 Å². The van der Waals surface area contributed by atoms with Crippen LogP contribution < -0.4 is 16.8 Å². The van der Waals surface area contributed by atoms with Crippen molar-refractivity contribution in [1.82, 2.24) is 5.32 Å². The molecule has 2 amide bonds. The van der Waals surface area contributed by atoms with E-state index in [-0.39, 0.29) is 18.2 Å². The normalized spacial score (nSPS) is 12.8. The molecule has 5 N–H and O–H groups in total. The van der Waals surface area contributed by atoms with Crippen LogP contribution in [0.1, 0.15) is 38.7 Å². The van der Waals surface area contributed by atoms with Gasteiger partial charge < -0.3 is 16.8 Å². The first-order chi connectivity index (χ1) is 8.71. The molecule has 0 heterocycles. The van der Waals surface area contributed by atoms with E-state index in [1.165, 1.54) is 0 Å². The third-order valence-corrected chi connectivity index (χ3v) is 2.88. The van der Waals surface area contributed by atoms with Crippen LogP contribution in [0.5, 0.6) is 0 Å². The second-order valence-corrected chi connectivity index (χ2v) is 5.41. The van der Waals surface area contributed by atoms with Crippen molar-refractivity contribution in [2.75, 3.05) is 5.73 Å². The molecule has 1 unspecified atom stereocenters. The van der Waals surface area contributed by atoms with Gasteiger partial charge in [0.15, 0.2) is 0 Å². The number of hydrogen-bond acceptors (Lipinski definition) is 3. The number of primary amides is 1. The first-order valence-electron chi connectivity index (χ1n) is 6.17. The lowest BCUT2D eigenvalue weighted by molar-refractivity contribution is -0.124. The molecule has 1 rings (SSSR count). The summed E-state index contributed by atoms with van der Waals surface area (Å²) in [6, 6.07) is 7.20. The maximum absolute atomic E-state index is 12.1. The van der Waals surface area contributed by atoms with Crippen molar-refractivity contribution in [3.05, 3.63) is 29.8 Å². The molecule has 1 atom stereocenters. The van der Waals surface area contributed by atoms with E-state index in [0.717, 1.165) is 5.56 Å². The minimum atomic E-state index is -0.655. The van der Waals surface area contributed by atoms with Crippen LogP contribution in [-0.4, -0.2) is 17.4 Å². The van der Waals surface area contributed by atoms with Gasteiger partial charge in [-0.1, -0.05) is 12.1 Å². The highest BCUT2D eigenvalue weighted by Crippen LogP contribution is 2.19. The second-order valence-electron chi connectivity index (χ2n) is 5.41. The fourth-order valence-corrected chi connectivity index (χ4v) is 1.90. The van der Waals surface area contributed by atoms with E-state index in [4.69, 9.17) is 11.5 Å². The van der Waals surface area contributed by atoms with Gasteiger partial charge in [0.2, 0.25) is 11.8 Å². The highest BCUT2D eigenvalue weighted by atomic mass is 16.2. The van der Waals surface area contributed by atoms with Gasteiger partial charge in [0.1, 0.15) is 0 Å². The number of carbonyl (C=O) groups is 2. The number of nitrogen functional groups attached to an aromatic ring is 1. The van der Waals surface area contributed by atoms with Crippen LogP contribution in [-0.2, 0) is 9.59 Å². The lowest BCUT2D eigenvalue weighted by Crippen LogP contribution is -2.47. The molecule has 1 aromatic carbocycles. The predicted octanol–water partition coefficient (Wildman–Crippen LogP) is 1.14. The molecule has 0 saturated heterocycles. The first kappa shape index (κ1) is 15.0. The van der Waals surface area contributed by atoms with Crippen molar-refractivity contribution >= 4 is 17.5 Å². The van der Waals surface area contributed by atoms with E-state index < -0.39 is 11.4 Å². The van der Waals surface area contributed by atoms with E-state index in [2.05, 4.69) is 5.32 Å². The second kappa shape index (κ2) is 5.73. The van der Waals surface area contributed by atoms with Crippen LogP contribution in [0.2, 0.25) is 0 Å². The van der Waals surface area contributed by atoms with E-state index in [1.54, 1.807) is 32.9 Å². The van der Waals surface area contributed by atoms with E-state index in [1.807, 2.05) is 12.1 Å². The molecular weight excluding hydrogens is 242 g/mol. The van der Waals surface area contributed by atoms with Crippen LogP contribution >= 0.6 is 0 Å². The van der Waals surface area contributed by atoms with Gasteiger partial charge in [0, 0.05) is 17.6 Å². The number of benzene rings is 1. The molecule has 0 spiro atoms. The Morgan fingerprint density at radius 2 is 2.00 bits per heavy atom. The summed E-state index contributed by atoms with van der Waals surface area (Å²) in [6.45, 7) is 5.33. The Bertz CT molecular complexity index is 483. The van der Waals surface area contributed by atoms with Gasteiger partial charge in [-0.15, -0.1) is 0 Å². The lowest BCUT2D eigenvalue weighted by Gasteiger charge is -2.26. The fraction of sp³-hybridized carbons (Fsp3) is 0.429. The summed E-state index contributed by atoms with van der Waals surface area (Å²) in [7, 11) is 0. The maximum atomic E-state index is 12.1. The molecule has 5 heteroatoms. The van der Waals surface area contributed by atoms with Gasteiger partial charge in [0.25, 0.3) is 0 Å². The molecule has 0 radical (unpaired) electrons. The van der Waals surface area contributed by atoms with Gasteiger partial charge in [-0.25, -0.2) is 0 Å². The molecule has 0 aliphatic carbocycles. The van der Waals surface area contributed by atoms with Crippen LogP contribution in [0.15, 0.2) is 24.3 Å². The zero-order chi connectivity index (χ0) is 14.6. The molecule has 104 valence electrons. The number of rotatable bonds is 5. The summed E-state index contributed by atoms with van der Waals surface area (Å²) in [5.74, 6) is -0.936. The number of nitrogens with two attached hydrogens (primary N) is 2. The Morgan fingerprint density at radius 1 is 1.37 bits per heavy atom. The topological polar surface area (TPSA) is 98.2 Å². The van der Waals surface area contributed by atoms with Gasteiger partial charge >= 0.3 is 0 Å². The molecule has 0 aliphatic heterocycles. The molecule has 0 saturated carbocycles. The number of hydrogen-bond donors (Lipinski definition) is 3. The standard InChI is InChI=1S/C14H21N3O2/c1-9(10-5-4-6-11(15)7-10)13(19)17-14(2,3)8-12(16)18/h4-7,9H,8,15H2,1-3H3,(H2,16,18)(H,17,19). The summed E-state index contributed by atoms with van der Waals surface area (Å²) in [6.07, 6.45) is 0.0996. The predicted molar refractivity (Wildman–Crippen MR) is 75.3 cm³/mol. The van der Waals surface area contributed by atoms with Gasteiger partial charge in [0.05, 0.1) is 5.92 Å². The Hall–Kier alpha value is -2.04. The van der Waals surface area contributed by atoms with Crippen LogP contribution in [0, 0.1) is 0 Å². The smallest absolute Gasteiger partial charge is 0.227 e. The number of anilines is 1. The molecule has 0 aromatic heterocycles. The Balaban J connectivity index is 2.75. The average Bonchev–Trinajstić information content (AvgIpc) is 2.25. The quantitative estimate of drug-likeness (QED) is 0.695. The highest BCUT2D eigenvalue weighted by molar-refractivity contribution is 5.85. The summed E-state index contributed by atoms with van der Waals surface area (Å²) in [4.78, 5) is 23.1. The summed E-state index contributed by atoms with van der Waals surface area (Å²) in [5, 5.41) is 2.82. The van der Waals surface area contributed by atoms with Crippen LogP contribution in [0.3, 0.4) is 0 Å². The van der Waals surface area contributed by atoms with Crippen LogP contribution in [0.25, 0.3) is 0 Å². The van der Waals surface area contributed by atoms with E-state index in [0.29, 0.717) is 5.69 Å². The van der Waals surface area contributed by atoms with Gasteiger partial charge in [-0.05, 0) is 38.5 Å². The molecule has 5 nitrogen and oxygen atoms in total. The van der Waals surface area contributed by atoms with E-state index >= 15 is 0 Å². The summed E-state index contributed by atoms with van der Waals surface area (Å²) < 4.78 is 0. The molecular formula is C14H21N3O2. The minimum Gasteiger partial charge on any atom is -0.399 e. The van der Waals surface area contributed by atoms with Crippen molar-refractivity contribution in [3.63, 3.8) is 0 Å². The first-order valence-corrected chi connectivity index (χ1v) is 6.17. The number of carbonyl (C=O) groups excluding carboxylic acids is 2. The molecule has 0 bridgehead atoms. The zero-order valence-corrected chi connectivity index (χ0v) is 11.6. The van der Waals surface area contributed by atoms with Gasteiger partial charge in [-0.2, -0.15) is 0 Å². The van der Waals surface area contributed by atoms with Crippen molar-refractivity contribution in [2.45, 2.75) is 38.6 Å². The molecule has 0 fully saturated rings. The zero-order valence-electron chi connectivity index (χ0n) is 11.6. The summed E-state index contributed by atoms with van der Waals surface area (Å²) in [5.41, 5.74) is 11.7. The lowest BCUT2D eigenvalue weighted by atomic mass is 9.95.